The summed E-state index contributed by atoms with van der Waals surface area (Å²) in [5.74, 6) is 0.158. The molecular formula is C20H21N3O4. The summed E-state index contributed by atoms with van der Waals surface area (Å²) in [6.07, 6.45) is 0. The molecule has 1 aromatic heterocycles. The highest BCUT2D eigenvalue weighted by molar-refractivity contribution is 5.58. The van der Waals surface area contributed by atoms with Crippen molar-refractivity contribution in [3.63, 3.8) is 0 Å². The smallest absolute Gasteiger partial charge is 0.258 e. The summed E-state index contributed by atoms with van der Waals surface area (Å²) in [5, 5.41) is 19.0. The zero-order chi connectivity index (χ0) is 19.6. The predicted octanol–water partition coefficient (Wildman–Crippen LogP) is 1.77. The van der Waals surface area contributed by atoms with Gasteiger partial charge in [0.1, 0.15) is 23.1 Å². The summed E-state index contributed by atoms with van der Waals surface area (Å²) in [6.45, 7) is 4.03. The lowest BCUT2D eigenvalue weighted by molar-refractivity contribution is 0.271. The molecule has 0 saturated carbocycles. The molecule has 0 aliphatic carbocycles. The number of aryl methyl sites for hydroxylation is 1. The predicted molar refractivity (Wildman–Crippen MR) is 99.4 cm³/mol. The van der Waals surface area contributed by atoms with Gasteiger partial charge in [-0.3, -0.25) is 4.79 Å². The second-order valence-corrected chi connectivity index (χ2v) is 6.14. The number of aliphatic hydroxyl groups is 1. The van der Waals surface area contributed by atoms with Crippen molar-refractivity contribution in [1.82, 2.24) is 4.57 Å². The van der Waals surface area contributed by atoms with Crippen LogP contribution >= 0.6 is 0 Å². The van der Waals surface area contributed by atoms with Crippen LogP contribution in [0.4, 0.5) is 0 Å². The molecule has 3 rings (SSSR count). The molecule has 27 heavy (non-hydrogen) atoms. The SMILES string of the molecule is CCOc1ccccc1[C@@H]1C(C#N)=C(N)Oc2cc(C)n(CCO)c(=O)c21. The highest BCUT2D eigenvalue weighted by Gasteiger charge is 2.35. The van der Waals surface area contributed by atoms with Crippen LogP contribution in [-0.2, 0) is 6.54 Å². The fraction of sp³-hybridized carbons (Fsp3) is 0.300. The minimum absolute atomic E-state index is 0.0278. The van der Waals surface area contributed by atoms with Gasteiger partial charge in [0.2, 0.25) is 5.88 Å². The van der Waals surface area contributed by atoms with Gasteiger partial charge < -0.3 is 24.9 Å². The number of rotatable bonds is 5. The van der Waals surface area contributed by atoms with Gasteiger partial charge in [-0.25, -0.2) is 0 Å². The van der Waals surface area contributed by atoms with Crippen molar-refractivity contribution >= 4 is 0 Å². The Morgan fingerprint density at radius 1 is 1.41 bits per heavy atom. The molecule has 1 atom stereocenters. The lowest BCUT2D eigenvalue weighted by Crippen LogP contribution is -2.33. The highest BCUT2D eigenvalue weighted by Crippen LogP contribution is 2.43. The molecule has 0 spiro atoms. The topological polar surface area (TPSA) is 110 Å². The van der Waals surface area contributed by atoms with Crippen LogP contribution in [0.2, 0.25) is 0 Å². The number of para-hydroxylation sites is 1. The van der Waals surface area contributed by atoms with Gasteiger partial charge in [-0.05, 0) is 19.9 Å². The van der Waals surface area contributed by atoms with E-state index < -0.39 is 5.92 Å². The van der Waals surface area contributed by atoms with E-state index in [-0.39, 0.29) is 30.2 Å². The molecule has 140 valence electrons. The summed E-state index contributed by atoms with van der Waals surface area (Å²) < 4.78 is 12.8. The van der Waals surface area contributed by atoms with Crippen LogP contribution in [0.25, 0.3) is 0 Å². The third kappa shape index (κ3) is 3.15. The summed E-state index contributed by atoms with van der Waals surface area (Å²) in [6, 6.07) is 11.0. The van der Waals surface area contributed by atoms with Crippen LogP contribution in [0.15, 0.2) is 46.6 Å². The number of aromatic nitrogens is 1. The zero-order valence-corrected chi connectivity index (χ0v) is 15.2. The summed E-state index contributed by atoms with van der Waals surface area (Å²) >= 11 is 0. The monoisotopic (exact) mass is 367 g/mol. The number of nitriles is 1. The maximum absolute atomic E-state index is 13.2. The van der Waals surface area contributed by atoms with E-state index in [1.165, 1.54) is 4.57 Å². The maximum atomic E-state index is 13.2. The Kier molecular flexibility index (Phi) is 5.19. The van der Waals surface area contributed by atoms with Gasteiger partial charge in [0.15, 0.2) is 0 Å². The van der Waals surface area contributed by atoms with E-state index in [1.54, 1.807) is 19.1 Å². The fourth-order valence-electron chi connectivity index (χ4n) is 3.38. The van der Waals surface area contributed by atoms with Gasteiger partial charge >= 0.3 is 0 Å². The molecule has 0 saturated heterocycles. The average Bonchev–Trinajstić information content (AvgIpc) is 2.65. The Balaban J connectivity index is 2.33. The minimum atomic E-state index is -0.709. The van der Waals surface area contributed by atoms with Crippen molar-refractivity contribution in [3.05, 3.63) is 69.0 Å². The van der Waals surface area contributed by atoms with Crippen LogP contribution in [0.3, 0.4) is 0 Å². The first-order chi connectivity index (χ1) is 13.0. The normalized spacial score (nSPS) is 15.7. The number of fused-ring (bicyclic) bond motifs is 1. The molecular weight excluding hydrogens is 346 g/mol. The molecule has 1 aromatic carbocycles. The maximum Gasteiger partial charge on any atom is 0.258 e. The van der Waals surface area contributed by atoms with E-state index in [2.05, 4.69) is 6.07 Å². The van der Waals surface area contributed by atoms with Crippen molar-refractivity contribution in [2.24, 2.45) is 5.73 Å². The molecule has 7 nitrogen and oxygen atoms in total. The van der Waals surface area contributed by atoms with Gasteiger partial charge in [0, 0.05) is 23.9 Å². The molecule has 3 N–H and O–H groups in total. The largest absolute Gasteiger partial charge is 0.494 e. The molecule has 1 aliphatic heterocycles. The molecule has 7 heteroatoms. The Morgan fingerprint density at radius 3 is 2.81 bits per heavy atom. The minimum Gasteiger partial charge on any atom is -0.494 e. The standard InChI is InChI=1S/C20H21N3O4/c1-3-26-15-7-5-4-6-13(15)17-14(11-21)19(22)27-16-10-12(2)23(8-9-24)20(25)18(16)17/h4-7,10,17,24H,3,8-9,22H2,1-2H3/t17-/m1/s1. The Labute approximate surface area is 156 Å². The molecule has 0 radical (unpaired) electrons. The first-order valence-corrected chi connectivity index (χ1v) is 8.67. The number of benzene rings is 1. The van der Waals surface area contributed by atoms with Crippen LogP contribution in [-0.4, -0.2) is 22.9 Å². The van der Waals surface area contributed by atoms with Crippen LogP contribution in [0, 0.1) is 18.3 Å². The van der Waals surface area contributed by atoms with Crippen molar-refractivity contribution in [1.29, 1.82) is 5.26 Å². The third-order valence-corrected chi connectivity index (χ3v) is 4.54. The molecule has 0 amide bonds. The van der Waals surface area contributed by atoms with Crippen LogP contribution in [0.1, 0.15) is 29.7 Å². The first kappa shape index (κ1) is 18.5. The van der Waals surface area contributed by atoms with E-state index in [0.717, 1.165) is 0 Å². The first-order valence-electron chi connectivity index (χ1n) is 8.67. The lowest BCUT2D eigenvalue weighted by atomic mass is 9.83. The Hall–Kier alpha value is -3.24. The van der Waals surface area contributed by atoms with Crippen molar-refractivity contribution in [2.75, 3.05) is 13.2 Å². The van der Waals surface area contributed by atoms with E-state index in [0.29, 0.717) is 34.9 Å². The second kappa shape index (κ2) is 7.56. The quantitative estimate of drug-likeness (QED) is 0.833. The number of hydrogen-bond donors (Lipinski definition) is 2. The number of allylic oxidation sites excluding steroid dienone is 1. The highest BCUT2D eigenvalue weighted by atomic mass is 16.5. The number of ether oxygens (including phenoxy) is 2. The molecule has 0 bridgehead atoms. The molecule has 2 aromatic rings. The summed E-state index contributed by atoms with van der Waals surface area (Å²) in [5.41, 5.74) is 7.45. The number of nitrogens with two attached hydrogens (primary N) is 1. The fourth-order valence-corrected chi connectivity index (χ4v) is 3.38. The van der Waals surface area contributed by atoms with E-state index >= 15 is 0 Å². The summed E-state index contributed by atoms with van der Waals surface area (Å²) in [4.78, 5) is 13.2. The molecule has 0 unspecified atom stereocenters. The number of hydrogen-bond acceptors (Lipinski definition) is 6. The van der Waals surface area contributed by atoms with Crippen LogP contribution < -0.4 is 20.8 Å². The average molecular weight is 367 g/mol. The van der Waals surface area contributed by atoms with Gasteiger partial charge in [-0.15, -0.1) is 0 Å². The van der Waals surface area contributed by atoms with Gasteiger partial charge in [-0.1, -0.05) is 18.2 Å². The van der Waals surface area contributed by atoms with Gasteiger partial charge in [-0.2, -0.15) is 5.26 Å². The Bertz CT molecular complexity index is 1000. The third-order valence-electron chi connectivity index (χ3n) is 4.54. The number of aliphatic hydroxyl groups excluding tert-OH is 1. The summed E-state index contributed by atoms with van der Waals surface area (Å²) in [7, 11) is 0. The van der Waals surface area contributed by atoms with Gasteiger partial charge in [0.25, 0.3) is 5.56 Å². The van der Waals surface area contributed by atoms with Crippen LogP contribution in [0.5, 0.6) is 11.5 Å². The van der Waals surface area contributed by atoms with E-state index in [1.807, 2.05) is 25.1 Å². The van der Waals surface area contributed by atoms with Crippen molar-refractivity contribution in [2.45, 2.75) is 26.3 Å². The van der Waals surface area contributed by atoms with E-state index in [4.69, 9.17) is 15.2 Å². The molecule has 2 heterocycles. The van der Waals surface area contributed by atoms with Crippen molar-refractivity contribution < 1.29 is 14.6 Å². The molecule has 0 fully saturated rings. The lowest BCUT2D eigenvalue weighted by Gasteiger charge is -2.28. The number of pyridine rings is 1. The van der Waals surface area contributed by atoms with E-state index in [9.17, 15) is 15.2 Å². The molecule has 1 aliphatic rings. The number of nitrogens with zero attached hydrogens (tertiary/aromatic N) is 2. The second-order valence-electron chi connectivity index (χ2n) is 6.14. The van der Waals surface area contributed by atoms with Crippen molar-refractivity contribution in [3.8, 4) is 17.6 Å². The Morgan fingerprint density at radius 2 is 2.15 bits per heavy atom. The van der Waals surface area contributed by atoms with Gasteiger partial charge in [0.05, 0.1) is 24.7 Å². The zero-order valence-electron chi connectivity index (χ0n) is 15.2.